The van der Waals surface area contributed by atoms with Gasteiger partial charge < -0.3 is 14.8 Å². The first-order chi connectivity index (χ1) is 18.5. The summed E-state index contributed by atoms with van der Waals surface area (Å²) in [6.07, 6.45) is 5.61. The molecule has 194 valence electrons. The van der Waals surface area contributed by atoms with Crippen LogP contribution in [0.15, 0.2) is 83.7 Å². The second kappa shape index (κ2) is 11.7. The molecule has 0 aliphatic carbocycles. The number of nitrogens with zero attached hydrogens (tertiary/aromatic N) is 2. The van der Waals surface area contributed by atoms with E-state index in [4.69, 9.17) is 9.47 Å². The molecule has 2 aromatic carbocycles. The third-order valence-corrected chi connectivity index (χ3v) is 8.19. The van der Waals surface area contributed by atoms with Crippen molar-refractivity contribution in [2.24, 2.45) is 0 Å². The fourth-order valence-corrected chi connectivity index (χ4v) is 6.03. The summed E-state index contributed by atoms with van der Waals surface area (Å²) in [5, 5.41) is 2.47. The summed E-state index contributed by atoms with van der Waals surface area (Å²) in [6.45, 7) is 0.0508. The van der Waals surface area contributed by atoms with E-state index in [1.165, 1.54) is 28.0 Å². The third kappa shape index (κ3) is 5.66. The Kier molecular flexibility index (Phi) is 7.90. The molecule has 10 heteroatoms. The van der Waals surface area contributed by atoms with Gasteiger partial charge in [0.1, 0.15) is 29.5 Å². The average Bonchev–Trinajstić information content (AvgIpc) is 3.47. The molecule has 1 fully saturated rings. The Morgan fingerprint density at radius 3 is 2.61 bits per heavy atom. The lowest BCUT2D eigenvalue weighted by molar-refractivity contribution is -0.153. The molecule has 5 rings (SSSR count). The standard InChI is InChI=1S/C28H25N3O5S2/c1-35-21-10-7-19(8-11-21)15-36-28(34)25-20(9-12-22-14-29-17-38-22)16-37-27-24(26(33)31(25)27)30-23(32)13-18-5-3-2-4-6-18/h2-12,14,17,24,27H,13,15-16H2,1H3,(H,30,32)/t24-,27+/m1/s1. The normalized spacial score (nSPS) is 18.7. The van der Waals surface area contributed by atoms with E-state index in [1.807, 2.05) is 54.6 Å². The fourth-order valence-electron chi connectivity index (χ4n) is 4.20. The highest BCUT2D eigenvalue weighted by molar-refractivity contribution is 8.00. The molecule has 3 heterocycles. The zero-order chi connectivity index (χ0) is 26.5. The van der Waals surface area contributed by atoms with Gasteiger partial charge in [-0.15, -0.1) is 23.1 Å². The number of thioether (sulfide) groups is 1. The van der Waals surface area contributed by atoms with Gasteiger partial charge in [-0.3, -0.25) is 19.5 Å². The van der Waals surface area contributed by atoms with Crippen LogP contribution in [0.2, 0.25) is 0 Å². The molecule has 2 atom stereocenters. The third-order valence-electron chi connectivity index (χ3n) is 6.14. The van der Waals surface area contributed by atoms with Gasteiger partial charge >= 0.3 is 5.97 Å². The smallest absolute Gasteiger partial charge is 0.355 e. The number of methoxy groups -OCH3 is 1. The minimum absolute atomic E-state index is 0.0508. The number of thiazole rings is 1. The molecule has 2 amide bonds. The minimum Gasteiger partial charge on any atom is -0.497 e. The summed E-state index contributed by atoms with van der Waals surface area (Å²) < 4.78 is 10.8. The number of benzene rings is 2. The van der Waals surface area contributed by atoms with Crippen molar-refractivity contribution < 1.29 is 23.9 Å². The van der Waals surface area contributed by atoms with Gasteiger partial charge in [0.25, 0.3) is 5.91 Å². The number of hydrogen-bond acceptors (Lipinski definition) is 8. The number of allylic oxidation sites excluding steroid dienone is 1. The topological polar surface area (TPSA) is 97.8 Å². The van der Waals surface area contributed by atoms with Gasteiger partial charge in [-0.25, -0.2) is 4.79 Å². The van der Waals surface area contributed by atoms with Gasteiger partial charge in [0.2, 0.25) is 5.91 Å². The van der Waals surface area contributed by atoms with E-state index in [-0.39, 0.29) is 35.9 Å². The Bertz CT molecular complexity index is 1370. The number of fused-ring (bicyclic) bond motifs is 1. The molecule has 2 aliphatic rings. The van der Waals surface area contributed by atoms with E-state index in [9.17, 15) is 14.4 Å². The summed E-state index contributed by atoms with van der Waals surface area (Å²) in [4.78, 5) is 45.6. The first kappa shape index (κ1) is 25.7. The van der Waals surface area contributed by atoms with Crippen LogP contribution < -0.4 is 10.1 Å². The number of esters is 1. The number of nitrogens with one attached hydrogen (secondary N) is 1. The maximum absolute atomic E-state index is 13.3. The van der Waals surface area contributed by atoms with Crippen LogP contribution in [0.3, 0.4) is 0 Å². The first-order valence-corrected chi connectivity index (χ1v) is 13.8. The lowest BCUT2D eigenvalue weighted by Gasteiger charge is -2.49. The van der Waals surface area contributed by atoms with Gasteiger partial charge in [0.05, 0.1) is 19.0 Å². The molecule has 0 unspecified atom stereocenters. The second-order valence-electron chi connectivity index (χ2n) is 8.65. The van der Waals surface area contributed by atoms with Crippen LogP contribution in [-0.2, 0) is 32.1 Å². The Balaban J connectivity index is 1.32. The fraction of sp³-hybridized carbons (Fsp3) is 0.214. The number of hydrogen-bond donors (Lipinski definition) is 1. The summed E-state index contributed by atoms with van der Waals surface area (Å²) in [5.41, 5.74) is 4.28. The quantitative estimate of drug-likeness (QED) is 0.321. The Hall–Kier alpha value is -3.89. The molecule has 3 aromatic rings. The van der Waals surface area contributed by atoms with Crippen LogP contribution in [0.5, 0.6) is 5.75 Å². The van der Waals surface area contributed by atoms with Crippen LogP contribution in [0.1, 0.15) is 16.0 Å². The molecule has 38 heavy (non-hydrogen) atoms. The van der Waals surface area contributed by atoms with Crippen molar-refractivity contribution in [3.8, 4) is 5.75 Å². The van der Waals surface area contributed by atoms with Crippen molar-refractivity contribution >= 4 is 47.0 Å². The molecule has 0 radical (unpaired) electrons. The maximum Gasteiger partial charge on any atom is 0.355 e. The van der Waals surface area contributed by atoms with Crippen molar-refractivity contribution in [1.82, 2.24) is 15.2 Å². The van der Waals surface area contributed by atoms with E-state index >= 15 is 0 Å². The molecule has 1 saturated heterocycles. The van der Waals surface area contributed by atoms with E-state index in [1.54, 1.807) is 30.9 Å². The monoisotopic (exact) mass is 547 g/mol. The van der Waals surface area contributed by atoms with E-state index in [0.29, 0.717) is 17.1 Å². The van der Waals surface area contributed by atoms with E-state index in [0.717, 1.165) is 16.0 Å². The van der Waals surface area contributed by atoms with Crippen LogP contribution in [0.4, 0.5) is 0 Å². The number of carbonyl (C=O) groups excluding carboxylic acids is 3. The van der Waals surface area contributed by atoms with E-state index < -0.39 is 12.0 Å². The lowest BCUT2D eigenvalue weighted by Crippen LogP contribution is -2.70. The zero-order valence-electron chi connectivity index (χ0n) is 20.5. The Labute approximate surface area is 228 Å². The molecular formula is C28H25N3O5S2. The van der Waals surface area contributed by atoms with Crippen LogP contribution >= 0.6 is 23.1 Å². The number of rotatable bonds is 9. The molecule has 2 aliphatic heterocycles. The second-order valence-corrected chi connectivity index (χ2v) is 10.7. The maximum atomic E-state index is 13.3. The predicted molar refractivity (Wildman–Crippen MR) is 146 cm³/mol. The number of aromatic nitrogens is 1. The molecule has 0 bridgehead atoms. The molecular weight excluding hydrogens is 522 g/mol. The molecule has 1 N–H and O–H groups in total. The molecule has 1 aromatic heterocycles. The highest BCUT2D eigenvalue weighted by Crippen LogP contribution is 2.41. The van der Waals surface area contributed by atoms with Crippen molar-refractivity contribution in [1.29, 1.82) is 0 Å². The lowest BCUT2D eigenvalue weighted by atomic mass is 10.0. The largest absolute Gasteiger partial charge is 0.497 e. The number of β-lactam (4-membered cyclic amide) rings is 1. The molecule has 0 saturated carbocycles. The van der Waals surface area contributed by atoms with Crippen LogP contribution in [0.25, 0.3) is 6.08 Å². The van der Waals surface area contributed by atoms with Gasteiger partial charge in [-0.1, -0.05) is 48.5 Å². The predicted octanol–water partition coefficient (Wildman–Crippen LogP) is 3.81. The zero-order valence-corrected chi connectivity index (χ0v) is 22.2. The van der Waals surface area contributed by atoms with E-state index in [2.05, 4.69) is 10.3 Å². The molecule has 0 spiro atoms. The van der Waals surface area contributed by atoms with Crippen molar-refractivity contribution in [2.45, 2.75) is 24.4 Å². The van der Waals surface area contributed by atoms with Crippen molar-refractivity contribution in [2.75, 3.05) is 12.9 Å². The van der Waals surface area contributed by atoms with Gasteiger partial charge in [0.15, 0.2) is 0 Å². The molecule has 8 nitrogen and oxygen atoms in total. The van der Waals surface area contributed by atoms with Crippen molar-refractivity contribution in [3.63, 3.8) is 0 Å². The summed E-state index contributed by atoms with van der Waals surface area (Å²) in [7, 11) is 1.59. The minimum atomic E-state index is -0.701. The van der Waals surface area contributed by atoms with Gasteiger partial charge in [-0.2, -0.15) is 0 Å². The number of carbonyl (C=O) groups is 3. The summed E-state index contributed by atoms with van der Waals surface area (Å²) in [6, 6.07) is 15.9. The van der Waals surface area contributed by atoms with Gasteiger partial charge in [0, 0.05) is 16.8 Å². The first-order valence-electron chi connectivity index (χ1n) is 11.9. The number of amides is 2. The van der Waals surface area contributed by atoms with Gasteiger partial charge in [-0.05, 0) is 34.9 Å². The van der Waals surface area contributed by atoms with Crippen LogP contribution in [-0.4, -0.2) is 51.9 Å². The highest BCUT2D eigenvalue weighted by atomic mass is 32.2. The Morgan fingerprint density at radius 1 is 1.11 bits per heavy atom. The SMILES string of the molecule is COc1ccc(COC(=O)C2=C(C=Cc3cncs3)CS[C@H]3[C@H](NC(=O)Cc4ccccc4)C(=O)N23)cc1. The van der Waals surface area contributed by atoms with Crippen LogP contribution in [0, 0.1) is 0 Å². The highest BCUT2D eigenvalue weighted by Gasteiger charge is 2.54. The summed E-state index contributed by atoms with van der Waals surface area (Å²) >= 11 is 2.98. The average molecular weight is 548 g/mol. The number of ether oxygens (including phenoxy) is 2. The summed E-state index contributed by atoms with van der Waals surface area (Å²) in [5.74, 6) is 0.0401. The van der Waals surface area contributed by atoms with Crippen molar-refractivity contribution in [3.05, 3.63) is 99.7 Å². The Morgan fingerprint density at radius 2 is 1.89 bits per heavy atom.